The predicted octanol–water partition coefficient (Wildman–Crippen LogP) is 3.96. The van der Waals surface area contributed by atoms with Gasteiger partial charge in [0, 0.05) is 21.2 Å². The number of nitrogens with one attached hydrogen (secondary N) is 1. The summed E-state index contributed by atoms with van der Waals surface area (Å²) in [6.07, 6.45) is 4.53. The van der Waals surface area contributed by atoms with Crippen molar-refractivity contribution in [1.82, 2.24) is 5.32 Å². The lowest BCUT2D eigenvalue weighted by Crippen LogP contribution is -2.29. The Bertz CT molecular complexity index is 472. The lowest BCUT2D eigenvalue weighted by molar-refractivity contribution is 0.556. The van der Waals surface area contributed by atoms with Gasteiger partial charge in [-0.15, -0.1) is 11.8 Å². The van der Waals surface area contributed by atoms with Crippen molar-refractivity contribution in [2.45, 2.75) is 17.4 Å². The highest BCUT2D eigenvalue weighted by molar-refractivity contribution is 9.10. The highest BCUT2D eigenvalue weighted by Gasteiger charge is 2.09. The number of halogens is 1. The summed E-state index contributed by atoms with van der Waals surface area (Å²) in [5, 5.41) is 3.35. The van der Waals surface area contributed by atoms with Crippen LogP contribution in [-0.2, 0) is 6.42 Å². The van der Waals surface area contributed by atoms with Crippen molar-refractivity contribution in [2.75, 3.05) is 12.8 Å². The van der Waals surface area contributed by atoms with Crippen molar-refractivity contribution in [3.05, 3.63) is 52.9 Å². The lowest BCUT2D eigenvalue weighted by Gasteiger charge is -2.15. The van der Waals surface area contributed by atoms with E-state index in [0.29, 0.717) is 6.04 Å². The predicted molar refractivity (Wildman–Crippen MR) is 80.1 cm³/mol. The number of hydrogen-bond acceptors (Lipinski definition) is 3. The van der Waals surface area contributed by atoms with E-state index in [1.165, 1.54) is 10.5 Å². The molecule has 0 amide bonds. The molecular weight excluding hydrogens is 310 g/mol. The first-order chi connectivity index (χ1) is 8.79. The Hall–Kier alpha value is -0.710. The van der Waals surface area contributed by atoms with E-state index in [1.54, 1.807) is 6.26 Å². The molecule has 0 saturated carbocycles. The zero-order valence-corrected chi connectivity index (χ0v) is 12.6. The summed E-state index contributed by atoms with van der Waals surface area (Å²) in [5.41, 5.74) is 1.24. The third kappa shape index (κ3) is 3.90. The monoisotopic (exact) mass is 325 g/mol. The van der Waals surface area contributed by atoms with Crippen LogP contribution < -0.4 is 5.32 Å². The van der Waals surface area contributed by atoms with Gasteiger partial charge in [0.2, 0.25) is 0 Å². The maximum atomic E-state index is 5.10. The van der Waals surface area contributed by atoms with Gasteiger partial charge in [-0.05, 0) is 53.2 Å². The molecule has 1 N–H and O–H groups in total. The summed E-state index contributed by atoms with van der Waals surface area (Å²) < 4.78 is 6.26. The Kier molecular flexibility index (Phi) is 5.35. The Morgan fingerprint density at radius 2 is 2.17 bits per heavy atom. The van der Waals surface area contributed by atoms with Crippen LogP contribution in [0.2, 0.25) is 0 Å². The smallest absolute Gasteiger partial charge is 0.0935 e. The molecule has 0 saturated heterocycles. The molecule has 1 atom stereocenters. The van der Waals surface area contributed by atoms with Gasteiger partial charge in [-0.25, -0.2) is 0 Å². The van der Waals surface area contributed by atoms with Gasteiger partial charge in [-0.3, -0.25) is 0 Å². The third-order valence-corrected chi connectivity index (χ3v) is 4.94. The van der Waals surface area contributed by atoms with Crippen LogP contribution in [0, 0.1) is 0 Å². The molecule has 1 aromatic heterocycles. The topological polar surface area (TPSA) is 25.2 Å². The maximum absolute atomic E-state index is 5.10. The quantitative estimate of drug-likeness (QED) is 0.814. The van der Waals surface area contributed by atoms with Gasteiger partial charge >= 0.3 is 0 Å². The second kappa shape index (κ2) is 7.02. The molecule has 1 heterocycles. The van der Waals surface area contributed by atoms with E-state index >= 15 is 0 Å². The van der Waals surface area contributed by atoms with Gasteiger partial charge < -0.3 is 9.73 Å². The van der Waals surface area contributed by atoms with E-state index in [9.17, 15) is 0 Å². The number of likely N-dealkylation sites (N-methyl/N-ethyl adjacent to an activating group) is 1. The molecule has 2 aromatic rings. The summed E-state index contributed by atoms with van der Waals surface area (Å²) in [7, 11) is 2.01. The van der Waals surface area contributed by atoms with Crippen LogP contribution in [0.3, 0.4) is 0 Å². The van der Waals surface area contributed by atoms with E-state index < -0.39 is 0 Å². The fourth-order valence-corrected chi connectivity index (χ4v) is 3.36. The van der Waals surface area contributed by atoms with E-state index in [4.69, 9.17) is 4.42 Å². The maximum Gasteiger partial charge on any atom is 0.0935 e. The van der Waals surface area contributed by atoms with E-state index in [2.05, 4.69) is 39.4 Å². The van der Waals surface area contributed by atoms with E-state index in [-0.39, 0.29) is 0 Å². The Labute approximate surface area is 120 Å². The van der Waals surface area contributed by atoms with Crippen LogP contribution in [0.5, 0.6) is 0 Å². The molecule has 0 aliphatic rings. The Balaban J connectivity index is 1.89. The van der Waals surface area contributed by atoms with Crippen molar-refractivity contribution in [1.29, 1.82) is 0 Å². The molecule has 0 aliphatic carbocycles. The summed E-state index contributed by atoms with van der Waals surface area (Å²) in [5.74, 6) is 1.03. The first-order valence-corrected chi connectivity index (χ1v) is 7.63. The van der Waals surface area contributed by atoms with Crippen LogP contribution >= 0.6 is 27.7 Å². The molecule has 1 unspecified atom stereocenters. The highest BCUT2D eigenvalue weighted by Crippen LogP contribution is 2.27. The van der Waals surface area contributed by atoms with E-state index in [0.717, 1.165) is 16.6 Å². The molecule has 0 radical (unpaired) electrons. The second-order valence-electron chi connectivity index (χ2n) is 4.06. The minimum absolute atomic E-state index is 0.444. The number of thioether (sulfide) groups is 1. The van der Waals surface area contributed by atoms with Crippen LogP contribution in [0.25, 0.3) is 0 Å². The molecule has 1 aromatic carbocycles. The van der Waals surface area contributed by atoms with Crippen molar-refractivity contribution >= 4 is 27.7 Å². The zero-order chi connectivity index (χ0) is 12.8. The fourth-order valence-electron chi connectivity index (χ4n) is 1.69. The Morgan fingerprint density at radius 1 is 1.33 bits per heavy atom. The number of furan rings is 1. The highest BCUT2D eigenvalue weighted by atomic mass is 79.9. The normalized spacial score (nSPS) is 12.6. The van der Waals surface area contributed by atoms with Crippen molar-refractivity contribution in [3.63, 3.8) is 0 Å². The fraction of sp³-hybridized carbons (Fsp3) is 0.286. The van der Waals surface area contributed by atoms with Crippen LogP contribution in [-0.4, -0.2) is 18.8 Å². The van der Waals surface area contributed by atoms with E-state index in [1.807, 2.05) is 37.2 Å². The molecule has 4 heteroatoms. The first kappa shape index (κ1) is 13.7. The van der Waals surface area contributed by atoms with Crippen molar-refractivity contribution in [2.24, 2.45) is 0 Å². The summed E-state index contributed by atoms with van der Waals surface area (Å²) >= 11 is 5.43. The summed E-state index contributed by atoms with van der Waals surface area (Å²) in [6.45, 7) is 0. The first-order valence-electron chi connectivity index (χ1n) is 5.85. The summed E-state index contributed by atoms with van der Waals surface area (Å²) in [4.78, 5) is 1.28. The van der Waals surface area contributed by atoms with Crippen LogP contribution in [0.1, 0.15) is 5.56 Å². The zero-order valence-electron chi connectivity index (χ0n) is 10.2. The SMILES string of the molecule is CNC(CSc1ccccc1Br)Cc1ccoc1. The average Bonchev–Trinajstić information content (AvgIpc) is 2.89. The number of rotatable bonds is 6. The van der Waals surface area contributed by atoms with Crippen LogP contribution in [0.15, 0.2) is 56.6 Å². The van der Waals surface area contributed by atoms with Gasteiger partial charge in [0.05, 0.1) is 12.5 Å². The molecule has 96 valence electrons. The van der Waals surface area contributed by atoms with Gasteiger partial charge in [-0.1, -0.05) is 12.1 Å². The molecule has 0 fully saturated rings. The largest absolute Gasteiger partial charge is 0.472 e. The molecule has 0 spiro atoms. The van der Waals surface area contributed by atoms with Crippen LogP contribution in [0.4, 0.5) is 0 Å². The average molecular weight is 326 g/mol. The minimum Gasteiger partial charge on any atom is -0.472 e. The number of hydrogen-bond donors (Lipinski definition) is 1. The molecular formula is C14H16BrNOS. The lowest BCUT2D eigenvalue weighted by atomic mass is 10.1. The van der Waals surface area contributed by atoms with Gasteiger partial charge in [-0.2, -0.15) is 0 Å². The molecule has 2 nitrogen and oxygen atoms in total. The second-order valence-corrected chi connectivity index (χ2v) is 5.98. The molecule has 2 rings (SSSR count). The third-order valence-electron chi connectivity index (χ3n) is 2.75. The van der Waals surface area contributed by atoms with Gasteiger partial charge in [0.1, 0.15) is 0 Å². The van der Waals surface area contributed by atoms with Gasteiger partial charge in [0.15, 0.2) is 0 Å². The Morgan fingerprint density at radius 3 is 2.83 bits per heavy atom. The minimum atomic E-state index is 0.444. The standard InChI is InChI=1S/C14H16BrNOS/c1-16-12(8-11-6-7-17-9-11)10-18-14-5-3-2-4-13(14)15/h2-7,9,12,16H,8,10H2,1H3. The van der Waals surface area contributed by atoms with Crippen molar-refractivity contribution in [3.8, 4) is 0 Å². The van der Waals surface area contributed by atoms with Gasteiger partial charge in [0.25, 0.3) is 0 Å². The summed E-state index contributed by atoms with van der Waals surface area (Å²) in [6, 6.07) is 10.8. The molecule has 18 heavy (non-hydrogen) atoms. The molecule has 0 bridgehead atoms. The molecule has 0 aliphatic heterocycles. The number of benzene rings is 1. The van der Waals surface area contributed by atoms with Crippen molar-refractivity contribution < 1.29 is 4.42 Å².